The van der Waals surface area contributed by atoms with Crippen molar-refractivity contribution >= 4 is 16.9 Å². The molecule has 3 aromatic heterocycles. The van der Waals surface area contributed by atoms with Crippen LogP contribution in [0.1, 0.15) is 11.1 Å². The fourth-order valence-electron chi connectivity index (χ4n) is 4.82. The van der Waals surface area contributed by atoms with E-state index in [1.165, 1.54) is 22.5 Å². The lowest BCUT2D eigenvalue weighted by molar-refractivity contribution is 0.655. The van der Waals surface area contributed by atoms with Gasteiger partial charge >= 0.3 is 0 Å². The van der Waals surface area contributed by atoms with Crippen molar-refractivity contribution in [2.24, 2.45) is 7.05 Å². The molecule has 0 N–H and O–H groups in total. The van der Waals surface area contributed by atoms with E-state index < -0.39 is 0 Å². The molecule has 0 radical (unpaired) electrons. The smallest absolute Gasteiger partial charge is 0.0896 e. The number of piperazine rings is 1. The van der Waals surface area contributed by atoms with Crippen molar-refractivity contribution in [3.63, 3.8) is 0 Å². The third-order valence-corrected chi connectivity index (χ3v) is 6.71. The van der Waals surface area contributed by atoms with Gasteiger partial charge in [0.15, 0.2) is 0 Å². The number of anilines is 2. The SMILES string of the molecule is Cn1cc(-c2ccc3c(N4CCN(c5ccc(Cc6ccccc6)cc5)CC4)cnn3c2)cn1. The van der Waals surface area contributed by atoms with E-state index in [0.29, 0.717) is 0 Å². The van der Waals surface area contributed by atoms with Gasteiger partial charge in [0, 0.05) is 62.4 Å². The first-order valence-corrected chi connectivity index (χ1v) is 11.8. The molecule has 0 aliphatic carbocycles. The van der Waals surface area contributed by atoms with Crippen LogP contribution in [-0.2, 0) is 13.5 Å². The fraction of sp³-hybridized carbons (Fsp3) is 0.214. The number of aryl methyl sites for hydroxylation is 1. The van der Waals surface area contributed by atoms with Gasteiger partial charge in [-0.1, -0.05) is 48.5 Å². The normalized spacial score (nSPS) is 14.1. The second-order valence-electron chi connectivity index (χ2n) is 8.98. The van der Waals surface area contributed by atoms with Crippen LogP contribution in [-0.4, -0.2) is 45.6 Å². The molecule has 1 aliphatic rings. The van der Waals surface area contributed by atoms with Crippen LogP contribution in [0.25, 0.3) is 16.6 Å². The summed E-state index contributed by atoms with van der Waals surface area (Å²) in [6.07, 6.45) is 8.98. The van der Waals surface area contributed by atoms with E-state index in [1.807, 2.05) is 34.8 Å². The molecule has 5 aromatic rings. The number of benzene rings is 2. The summed E-state index contributed by atoms with van der Waals surface area (Å²) in [4.78, 5) is 4.93. The van der Waals surface area contributed by atoms with Crippen molar-refractivity contribution in [1.29, 1.82) is 0 Å². The standard InChI is InChI=1S/C28H28N6/c1-31-20-25(18-29-31)24-9-12-27-28(19-30-34(27)21-24)33-15-13-32(14-16-33)26-10-7-23(8-11-26)17-22-5-3-2-4-6-22/h2-12,18-21H,13-17H2,1H3. The Morgan fingerprint density at radius 2 is 1.41 bits per heavy atom. The number of pyridine rings is 1. The summed E-state index contributed by atoms with van der Waals surface area (Å²) in [5.41, 5.74) is 8.58. The molecule has 0 saturated carbocycles. The number of fused-ring (bicyclic) bond motifs is 1. The number of hydrogen-bond donors (Lipinski definition) is 0. The molecule has 1 fully saturated rings. The maximum atomic E-state index is 4.64. The fourth-order valence-corrected chi connectivity index (χ4v) is 4.82. The molecule has 6 nitrogen and oxygen atoms in total. The Morgan fingerprint density at radius 3 is 2.15 bits per heavy atom. The number of nitrogens with zero attached hydrogens (tertiary/aromatic N) is 6. The van der Waals surface area contributed by atoms with E-state index in [1.54, 1.807) is 0 Å². The van der Waals surface area contributed by atoms with E-state index in [4.69, 9.17) is 0 Å². The topological polar surface area (TPSA) is 41.6 Å². The molecular formula is C28H28N6. The lowest BCUT2D eigenvalue weighted by Gasteiger charge is -2.37. The summed E-state index contributed by atoms with van der Waals surface area (Å²) in [7, 11) is 1.94. The zero-order chi connectivity index (χ0) is 22.9. The highest BCUT2D eigenvalue weighted by atomic mass is 15.3. The van der Waals surface area contributed by atoms with Gasteiger partial charge in [-0.15, -0.1) is 0 Å². The summed E-state index contributed by atoms with van der Waals surface area (Å²) >= 11 is 0. The highest BCUT2D eigenvalue weighted by Crippen LogP contribution is 2.27. The van der Waals surface area contributed by atoms with Crippen LogP contribution < -0.4 is 9.80 Å². The molecule has 6 heteroatoms. The third kappa shape index (κ3) is 4.03. The molecule has 0 atom stereocenters. The predicted molar refractivity (Wildman–Crippen MR) is 138 cm³/mol. The van der Waals surface area contributed by atoms with Crippen LogP contribution >= 0.6 is 0 Å². The average Bonchev–Trinajstić information content (AvgIpc) is 3.51. The predicted octanol–water partition coefficient (Wildman–Crippen LogP) is 4.65. The van der Waals surface area contributed by atoms with Crippen LogP contribution in [0.3, 0.4) is 0 Å². The van der Waals surface area contributed by atoms with Gasteiger partial charge in [0.1, 0.15) is 0 Å². The van der Waals surface area contributed by atoms with Crippen molar-refractivity contribution < 1.29 is 0 Å². The minimum atomic E-state index is 0.978. The lowest BCUT2D eigenvalue weighted by Crippen LogP contribution is -2.46. The zero-order valence-electron chi connectivity index (χ0n) is 19.4. The molecule has 1 aliphatic heterocycles. The molecule has 1 saturated heterocycles. The van der Waals surface area contributed by atoms with Crippen molar-refractivity contribution in [1.82, 2.24) is 19.4 Å². The minimum Gasteiger partial charge on any atom is -0.368 e. The molecular weight excluding hydrogens is 420 g/mol. The van der Waals surface area contributed by atoms with Gasteiger partial charge < -0.3 is 9.80 Å². The first kappa shape index (κ1) is 20.5. The van der Waals surface area contributed by atoms with Crippen molar-refractivity contribution in [2.45, 2.75) is 6.42 Å². The van der Waals surface area contributed by atoms with Crippen LogP contribution in [0, 0.1) is 0 Å². The average molecular weight is 449 g/mol. The van der Waals surface area contributed by atoms with E-state index in [0.717, 1.165) is 49.2 Å². The van der Waals surface area contributed by atoms with Crippen molar-refractivity contribution in [3.05, 3.63) is 103 Å². The quantitative estimate of drug-likeness (QED) is 0.392. The summed E-state index contributed by atoms with van der Waals surface area (Å²) < 4.78 is 3.81. The molecule has 170 valence electrons. The molecule has 4 heterocycles. The summed E-state index contributed by atoms with van der Waals surface area (Å²) in [5.74, 6) is 0. The first-order chi connectivity index (χ1) is 16.7. The molecule has 0 spiro atoms. The van der Waals surface area contributed by atoms with Gasteiger partial charge in [-0.05, 0) is 35.7 Å². The monoisotopic (exact) mass is 448 g/mol. The van der Waals surface area contributed by atoms with Crippen LogP contribution in [0.2, 0.25) is 0 Å². The summed E-state index contributed by atoms with van der Waals surface area (Å²) in [6, 6.07) is 24.0. The second-order valence-corrected chi connectivity index (χ2v) is 8.98. The molecule has 6 rings (SSSR count). The number of rotatable bonds is 5. The minimum absolute atomic E-state index is 0.978. The van der Waals surface area contributed by atoms with Crippen LogP contribution in [0.15, 0.2) is 91.5 Å². The van der Waals surface area contributed by atoms with Crippen molar-refractivity contribution in [3.8, 4) is 11.1 Å². The van der Waals surface area contributed by atoms with E-state index in [9.17, 15) is 0 Å². The lowest BCUT2D eigenvalue weighted by atomic mass is 10.0. The molecule has 0 amide bonds. The van der Waals surface area contributed by atoms with Crippen LogP contribution in [0.4, 0.5) is 11.4 Å². The van der Waals surface area contributed by atoms with E-state index >= 15 is 0 Å². The number of hydrogen-bond acceptors (Lipinski definition) is 4. The summed E-state index contributed by atoms with van der Waals surface area (Å²) in [6.45, 7) is 3.97. The Balaban J connectivity index is 1.12. The largest absolute Gasteiger partial charge is 0.368 e. The van der Waals surface area contributed by atoms with Gasteiger partial charge in [-0.25, -0.2) is 4.52 Å². The van der Waals surface area contributed by atoms with Crippen molar-refractivity contribution in [2.75, 3.05) is 36.0 Å². The maximum Gasteiger partial charge on any atom is 0.0896 e. The van der Waals surface area contributed by atoms with Gasteiger partial charge in [-0.3, -0.25) is 4.68 Å². The molecule has 34 heavy (non-hydrogen) atoms. The molecule has 2 aromatic carbocycles. The Hall–Kier alpha value is -4.06. The van der Waals surface area contributed by atoms with Crippen LogP contribution in [0.5, 0.6) is 0 Å². The Bertz CT molecular complexity index is 1390. The highest BCUT2D eigenvalue weighted by molar-refractivity contribution is 5.75. The maximum absolute atomic E-state index is 4.64. The Labute approximate surface area is 199 Å². The highest BCUT2D eigenvalue weighted by Gasteiger charge is 2.20. The van der Waals surface area contributed by atoms with Gasteiger partial charge in [0.2, 0.25) is 0 Å². The first-order valence-electron chi connectivity index (χ1n) is 11.8. The molecule has 0 unspecified atom stereocenters. The number of aromatic nitrogens is 4. The third-order valence-electron chi connectivity index (χ3n) is 6.71. The Kier molecular flexibility index (Phi) is 5.26. The van der Waals surface area contributed by atoms with Gasteiger partial charge in [0.05, 0.1) is 23.6 Å². The molecule has 0 bridgehead atoms. The summed E-state index contributed by atoms with van der Waals surface area (Å²) in [5, 5.41) is 8.92. The Morgan fingerprint density at radius 1 is 0.676 bits per heavy atom. The van der Waals surface area contributed by atoms with E-state index in [2.05, 4.69) is 92.9 Å². The van der Waals surface area contributed by atoms with E-state index in [-0.39, 0.29) is 0 Å². The second kappa shape index (κ2) is 8.71. The zero-order valence-corrected chi connectivity index (χ0v) is 19.4. The van der Waals surface area contributed by atoms with Gasteiger partial charge in [0.25, 0.3) is 0 Å². The van der Waals surface area contributed by atoms with Gasteiger partial charge in [-0.2, -0.15) is 10.2 Å².